The van der Waals surface area contributed by atoms with Gasteiger partial charge in [0, 0.05) is 17.8 Å². The number of nitrogens with one attached hydrogen (secondary N) is 1. The maximum Gasteiger partial charge on any atom is 0.270 e. The van der Waals surface area contributed by atoms with E-state index in [2.05, 4.69) is 10.3 Å². The van der Waals surface area contributed by atoms with Crippen LogP contribution in [0.25, 0.3) is 22.4 Å². The van der Waals surface area contributed by atoms with Gasteiger partial charge in [-0.1, -0.05) is 41.9 Å². The Hall–Kier alpha value is -3.55. The largest absolute Gasteiger partial charge is 0.322 e. The maximum absolute atomic E-state index is 12.4. The quantitative estimate of drug-likeness (QED) is 0.295. The molecule has 0 radical (unpaired) electrons. The number of halogens is 1. The van der Waals surface area contributed by atoms with Crippen molar-refractivity contribution < 1.29 is 9.72 Å². The fourth-order valence-electron chi connectivity index (χ4n) is 2.85. The Morgan fingerprint density at radius 1 is 1.07 bits per heavy atom. The van der Waals surface area contributed by atoms with Crippen LogP contribution in [-0.4, -0.2) is 15.8 Å². The van der Waals surface area contributed by atoms with Crippen molar-refractivity contribution in [2.24, 2.45) is 0 Å². The first-order chi connectivity index (χ1) is 14.5. The molecule has 1 aromatic heterocycles. The van der Waals surface area contributed by atoms with E-state index in [0.717, 1.165) is 15.3 Å². The van der Waals surface area contributed by atoms with Crippen molar-refractivity contribution in [3.8, 4) is 0 Å². The molecule has 3 aromatic carbocycles. The van der Waals surface area contributed by atoms with Crippen LogP contribution in [0.15, 0.2) is 66.7 Å². The SMILES string of the molecule is O=C(Nc1cccc(/C=C/c2nc3ccc([N+](=O)[O-])cc3s2)c1)c1ccccc1Cl. The number of nitro benzene ring substituents is 1. The molecule has 8 heteroatoms. The Morgan fingerprint density at radius 3 is 2.70 bits per heavy atom. The molecular formula is C22H14ClN3O3S. The van der Waals surface area contributed by atoms with E-state index in [1.807, 2.05) is 30.4 Å². The molecule has 1 heterocycles. The van der Waals surface area contributed by atoms with E-state index in [0.29, 0.717) is 21.8 Å². The zero-order valence-corrected chi connectivity index (χ0v) is 17.0. The highest BCUT2D eigenvalue weighted by atomic mass is 35.5. The number of benzene rings is 3. The van der Waals surface area contributed by atoms with Gasteiger partial charge in [-0.3, -0.25) is 14.9 Å². The molecule has 4 rings (SSSR count). The van der Waals surface area contributed by atoms with Gasteiger partial charge in [-0.2, -0.15) is 0 Å². The van der Waals surface area contributed by atoms with E-state index in [-0.39, 0.29) is 11.6 Å². The highest BCUT2D eigenvalue weighted by Gasteiger charge is 2.10. The highest BCUT2D eigenvalue weighted by molar-refractivity contribution is 7.19. The zero-order valence-electron chi connectivity index (χ0n) is 15.4. The first-order valence-corrected chi connectivity index (χ1v) is 10.1. The van der Waals surface area contributed by atoms with Gasteiger partial charge in [0.2, 0.25) is 0 Å². The lowest BCUT2D eigenvalue weighted by molar-refractivity contribution is -0.384. The van der Waals surface area contributed by atoms with Crippen molar-refractivity contribution >= 4 is 62.6 Å². The van der Waals surface area contributed by atoms with Gasteiger partial charge in [0.05, 0.1) is 25.7 Å². The molecule has 0 aliphatic rings. The molecule has 1 amide bonds. The molecule has 0 atom stereocenters. The molecule has 30 heavy (non-hydrogen) atoms. The summed E-state index contributed by atoms with van der Waals surface area (Å²) in [6.45, 7) is 0. The first kappa shape index (κ1) is 19.8. The topological polar surface area (TPSA) is 85.1 Å². The van der Waals surface area contributed by atoms with Gasteiger partial charge in [-0.25, -0.2) is 4.98 Å². The molecule has 0 spiro atoms. The monoisotopic (exact) mass is 435 g/mol. The molecule has 1 N–H and O–H groups in total. The molecular weight excluding hydrogens is 422 g/mol. The van der Waals surface area contributed by atoms with E-state index < -0.39 is 4.92 Å². The van der Waals surface area contributed by atoms with Crippen molar-refractivity contribution in [2.75, 3.05) is 5.32 Å². The second-order valence-corrected chi connectivity index (χ2v) is 7.82. The number of nitrogens with zero attached hydrogens (tertiary/aromatic N) is 2. The van der Waals surface area contributed by atoms with Crippen LogP contribution in [0.5, 0.6) is 0 Å². The number of fused-ring (bicyclic) bond motifs is 1. The lowest BCUT2D eigenvalue weighted by Gasteiger charge is -2.07. The summed E-state index contributed by atoms with van der Waals surface area (Å²) in [6.07, 6.45) is 3.71. The minimum atomic E-state index is -0.420. The van der Waals surface area contributed by atoms with E-state index in [4.69, 9.17) is 11.6 Å². The Labute approximate surface area is 180 Å². The Bertz CT molecular complexity index is 1300. The molecule has 0 aliphatic heterocycles. The summed E-state index contributed by atoms with van der Waals surface area (Å²) in [4.78, 5) is 27.4. The number of amides is 1. The second-order valence-electron chi connectivity index (χ2n) is 6.35. The summed E-state index contributed by atoms with van der Waals surface area (Å²) in [5, 5.41) is 14.9. The molecule has 4 aromatic rings. The van der Waals surface area contributed by atoms with E-state index >= 15 is 0 Å². The average Bonchev–Trinajstić information content (AvgIpc) is 3.15. The van der Waals surface area contributed by atoms with Crippen LogP contribution in [0.2, 0.25) is 5.02 Å². The average molecular weight is 436 g/mol. The number of nitro groups is 1. The number of carbonyl (C=O) groups excluding carboxylic acids is 1. The molecule has 0 saturated carbocycles. The number of anilines is 1. The smallest absolute Gasteiger partial charge is 0.270 e. The number of hydrogen-bond acceptors (Lipinski definition) is 5. The Kier molecular flexibility index (Phi) is 5.56. The van der Waals surface area contributed by atoms with Gasteiger partial charge in [0.15, 0.2) is 0 Å². The predicted octanol–water partition coefficient (Wildman–Crippen LogP) is 6.28. The lowest BCUT2D eigenvalue weighted by atomic mass is 10.1. The van der Waals surface area contributed by atoms with Gasteiger partial charge >= 0.3 is 0 Å². The third kappa shape index (κ3) is 4.37. The fourth-order valence-corrected chi connectivity index (χ4v) is 3.97. The molecule has 0 aliphatic carbocycles. The van der Waals surface area contributed by atoms with Crippen molar-refractivity contribution in [3.05, 3.63) is 98.0 Å². The Morgan fingerprint density at radius 2 is 1.90 bits per heavy atom. The van der Waals surface area contributed by atoms with Gasteiger partial charge in [0.1, 0.15) is 5.01 Å². The van der Waals surface area contributed by atoms with Crippen LogP contribution >= 0.6 is 22.9 Å². The maximum atomic E-state index is 12.4. The zero-order chi connectivity index (χ0) is 21.1. The molecule has 0 fully saturated rings. The molecule has 6 nitrogen and oxygen atoms in total. The standard InChI is InChI=1S/C22H14ClN3O3S/c23-18-7-2-1-6-17(18)22(27)24-15-5-3-4-14(12-15)8-11-21-25-19-10-9-16(26(28)29)13-20(19)30-21/h1-13H,(H,24,27)/b11-8+. The molecule has 148 valence electrons. The van der Waals surface area contributed by atoms with Crippen LogP contribution in [0.1, 0.15) is 20.9 Å². The summed E-state index contributed by atoms with van der Waals surface area (Å²) in [5.41, 5.74) is 2.68. The van der Waals surface area contributed by atoms with Crippen molar-refractivity contribution in [1.29, 1.82) is 0 Å². The number of non-ortho nitro benzene ring substituents is 1. The van der Waals surface area contributed by atoms with Crippen LogP contribution in [-0.2, 0) is 0 Å². The summed E-state index contributed by atoms with van der Waals surface area (Å²) in [6, 6.07) is 18.8. The van der Waals surface area contributed by atoms with Crippen LogP contribution in [0.3, 0.4) is 0 Å². The third-order valence-electron chi connectivity index (χ3n) is 4.28. The minimum Gasteiger partial charge on any atom is -0.322 e. The molecule has 0 saturated heterocycles. The first-order valence-electron chi connectivity index (χ1n) is 8.88. The number of rotatable bonds is 5. The predicted molar refractivity (Wildman–Crippen MR) is 121 cm³/mol. The number of aromatic nitrogens is 1. The van der Waals surface area contributed by atoms with E-state index in [1.54, 1.807) is 36.4 Å². The fraction of sp³-hybridized carbons (Fsp3) is 0. The number of thiazole rings is 1. The summed E-state index contributed by atoms with van der Waals surface area (Å²) >= 11 is 7.45. The van der Waals surface area contributed by atoms with Gasteiger partial charge in [-0.15, -0.1) is 11.3 Å². The van der Waals surface area contributed by atoms with Crippen molar-refractivity contribution in [3.63, 3.8) is 0 Å². The summed E-state index contributed by atoms with van der Waals surface area (Å²) in [7, 11) is 0. The van der Waals surface area contributed by atoms with Crippen LogP contribution in [0.4, 0.5) is 11.4 Å². The summed E-state index contributed by atoms with van der Waals surface area (Å²) in [5.74, 6) is -0.283. The van der Waals surface area contributed by atoms with Crippen LogP contribution in [0, 0.1) is 10.1 Å². The van der Waals surface area contributed by atoms with Gasteiger partial charge in [-0.05, 0) is 42.0 Å². The van der Waals surface area contributed by atoms with Crippen LogP contribution < -0.4 is 5.32 Å². The third-order valence-corrected chi connectivity index (χ3v) is 5.59. The minimum absolute atomic E-state index is 0.0450. The molecule has 0 bridgehead atoms. The lowest BCUT2D eigenvalue weighted by Crippen LogP contribution is -2.12. The van der Waals surface area contributed by atoms with Gasteiger partial charge < -0.3 is 5.32 Å². The number of hydrogen-bond donors (Lipinski definition) is 1. The van der Waals surface area contributed by atoms with E-state index in [1.165, 1.54) is 23.5 Å². The van der Waals surface area contributed by atoms with Crippen molar-refractivity contribution in [1.82, 2.24) is 4.98 Å². The second kappa shape index (κ2) is 8.44. The molecule has 0 unspecified atom stereocenters. The number of carbonyl (C=O) groups is 1. The van der Waals surface area contributed by atoms with Gasteiger partial charge in [0.25, 0.3) is 11.6 Å². The van der Waals surface area contributed by atoms with Crippen molar-refractivity contribution in [2.45, 2.75) is 0 Å². The highest BCUT2D eigenvalue weighted by Crippen LogP contribution is 2.27. The normalized spacial score (nSPS) is 11.1. The summed E-state index contributed by atoms with van der Waals surface area (Å²) < 4.78 is 0.754. The van der Waals surface area contributed by atoms with E-state index in [9.17, 15) is 14.9 Å². The Balaban J connectivity index is 1.52.